The van der Waals surface area contributed by atoms with Crippen molar-refractivity contribution in [2.24, 2.45) is 5.92 Å². The highest BCUT2D eigenvalue weighted by Crippen LogP contribution is 2.41. The van der Waals surface area contributed by atoms with E-state index in [1.54, 1.807) is 0 Å². The zero-order chi connectivity index (χ0) is 23.2. The molecule has 10 heteroatoms. The van der Waals surface area contributed by atoms with E-state index in [0.717, 1.165) is 82.1 Å². The average molecular weight is 690 g/mol. The molecule has 7 heterocycles. The summed E-state index contributed by atoms with van der Waals surface area (Å²) in [6.07, 6.45) is 6.52. The van der Waals surface area contributed by atoms with Gasteiger partial charge in [-0.05, 0) is 76.1 Å². The third-order valence-corrected chi connectivity index (χ3v) is 8.75. The molecule has 0 radical (unpaired) electrons. The Balaban J connectivity index is 0.000000132. The number of pyridine rings is 2. The van der Waals surface area contributed by atoms with E-state index in [1.807, 2.05) is 24.5 Å². The van der Waals surface area contributed by atoms with E-state index in [2.05, 4.69) is 71.9 Å². The van der Waals surface area contributed by atoms with Crippen molar-refractivity contribution in [1.82, 2.24) is 9.97 Å². The maximum absolute atomic E-state index is 6.03. The molecule has 182 valence electrons. The molecule has 8 nitrogen and oxygen atoms in total. The van der Waals surface area contributed by atoms with E-state index in [0.29, 0.717) is 12.1 Å². The lowest BCUT2D eigenvalue weighted by Crippen LogP contribution is -2.40. The van der Waals surface area contributed by atoms with Crippen LogP contribution in [0.1, 0.15) is 19.8 Å². The average Bonchev–Trinajstić information content (AvgIpc) is 3.40. The lowest BCUT2D eigenvalue weighted by Gasteiger charge is -2.32. The first kappa shape index (κ1) is 23.3. The molecule has 34 heavy (non-hydrogen) atoms. The monoisotopic (exact) mass is 690 g/mol. The molecule has 0 aliphatic carbocycles. The van der Waals surface area contributed by atoms with Gasteiger partial charge in [-0.1, -0.05) is 6.92 Å². The Kier molecular flexibility index (Phi) is 6.67. The van der Waals surface area contributed by atoms with Crippen molar-refractivity contribution in [3.8, 4) is 11.5 Å². The highest BCUT2D eigenvalue weighted by molar-refractivity contribution is 14.1. The van der Waals surface area contributed by atoms with Crippen molar-refractivity contribution in [2.75, 3.05) is 49.3 Å². The van der Waals surface area contributed by atoms with Crippen molar-refractivity contribution < 1.29 is 18.9 Å². The fourth-order valence-corrected chi connectivity index (χ4v) is 6.50. The third kappa shape index (κ3) is 4.43. The molecule has 0 amide bonds. The van der Waals surface area contributed by atoms with Crippen molar-refractivity contribution in [1.29, 1.82) is 0 Å². The van der Waals surface area contributed by atoms with E-state index in [9.17, 15) is 0 Å². The van der Waals surface area contributed by atoms with Gasteiger partial charge in [-0.2, -0.15) is 0 Å². The van der Waals surface area contributed by atoms with Crippen LogP contribution in [0, 0.1) is 13.1 Å². The minimum atomic E-state index is 0.271. The molecule has 7 rings (SSSR count). The van der Waals surface area contributed by atoms with Crippen LogP contribution in [-0.2, 0) is 9.47 Å². The molecule has 0 saturated carbocycles. The first-order valence-electron chi connectivity index (χ1n) is 11.9. The number of hydrogen-bond acceptors (Lipinski definition) is 8. The zero-order valence-corrected chi connectivity index (χ0v) is 23.3. The van der Waals surface area contributed by atoms with E-state index >= 15 is 0 Å². The van der Waals surface area contributed by atoms with E-state index in [-0.39, 0.29) is 12.2 Å². The first-order valence-corrected chi connectivity index (χ1v) is 14.0. The zero-order valence-electron chi connectivity index (χ0n) is 19.0. The maximum atomic E-state index is 6.03. The molecule has 5 aliphatic rings. The molecule has 0 unspecified atom stereocenters. The Morgan fingerprint density at radius 2 is 1.41 bits per heavy atom. The van der Waals surface area contributed by atoms with Gasteiger partial charge < -0.3 is 28.7 Å². The van der Waals surface area contributed by atoms with Gasteiger partial charge in [0, 0.05) is 25.5 Å². The van der Waals surface area contributed by atoms with Gasteiger partial charge in [0.25, 0.3) is 0 Å². The van der Waals surface area contributed by atoms with Gasteiger partial charge in [0.1, 0.15) is 19.3 Å². The number of ether oxygens (including phenoxy) is 4. The Morgan fingerprint density at radius 1 is 0.824 bits per heavy atom. The summed E-state index contributed by atoms with van der Waals surface area (Å²) >= 11 is 4.61. The lowest BCUT2D eigenvalue weighted by atomic mass is 10.1. The van der Waals surface area contributed by atoms with Crippen LogP contribution in [0.15, 0.2) is 24.5 Å². The Bertz CT molecular complexity index is 1060. The second-order valence-electron chi connectivity index (χ2n) is 9.62. The molecule has 2 aromatic rings. The molecular formula is C24H28I2N4O4. The minimum Gasteiger partial charge on any atom is -0.486 e. The summed E-state index contributed by atoms with van der Waals surface area (Å²) in [6, 6.07) is 4.91. The highest BCUT2D eigenvalue weighted by Gasteiger charge is 2.40. The van der Waals surface area contributed by atoms with Gasteiger partial charge in [0.05, 0.1) is 38.5 Å². The summed E-state index contributed by atoms with van der Waals surface area (Å²) < 4.78 is 25.2. The number of anilines is 2. The molecule has 3 fully saturated rings. The van der Waals surface area contributed by atoms with Crippen LogP contribution >= 0.6 is 45.2 Å². The lowest BCUT2D eigenvalue weighted by molar-refractivity contribution is -0.150. The summed E-state index contributed by atoms with van der Waals surface area (Å²) in [5.74, 6) is 4.67. The van der Waals surface area contributed by atoms with Gasteiger partial charge in [0.2, 0.25) is 0 Å². The summed E-state index contributed by atoms with van der Waals surface area (Å²) in [6.45, 7) is 7.36. The molecule has 5 aliphatic heterocycles. The van der Waals surface area contributed by atoms with Crippen LogP contribution in [0.4, 0.5) is 11.6 Å². The first-order chi connectivity index (χ1) is 16.6. The van der Waals surface area contributed by atoms with Crippen LogP contribution in [0.5, 0.6) is 11.5 Å². The van der Waals surface area contributed by atoms with Gasteiger partial charge in [0.15, 0.2) is 23.1 Å². The van der Waals surface area contributed by atoms with Crippen LogP contribution in [-0.4, -0.2) is 73.8 Å². The van der Waals surface area contributed by atoms with Crippen molar-refractivity contribution >= 4 is 56.8 Å². The highest BCUT2D eigenvalue weighted by atomic mass is 127. The molecule has 3 saturated heterocycles. The molecule has 0 spiro atoms. The smallest absolute Gasteiger partial charge is 0.175 e. The number of fused-ring (bicyclic) bond motifs is 6. The third-order valence-electron chi connectivity index (χ3n) is 7.05. The minimum absolute atomic E-state index is 0.271. The Hall–Kier alpha value is -1.12. The van der Waals surface area contributed by atoms with Crippen LogP contribution in [0.3, 0.4) is 0 Å². The fourth-order valence-electron chi connectivity index (χ4n) is 5.39. The van der Waals surface area contributed by atoms with Crippen molar-refractivity contribution in [3.05, 3.63) is 31.7 Å². The van der Waals surface area contributed by atoms with Crippen LogP contribution in [0.2, 0.25) is 0 Å². The van der Waals surface area contributed by atoms with Crippen molar-refractivity contribution in [3.63, 3.8) is 0 Å². The molecular weight excluding hydrogens is 662 g/mol. The predicted molar refractivity (Wildman–Crippen MR) is 145 cm³/mol. The Morgan fingerprint density at radius 3 is 2.00 bits per heavy atom. The van der Waals surface area contributed by atoms with Gasteiger partial charge in [-0.25, -0.2) is 9.97 Å². The SMILES string of the molecule is C[C@@H]1C[C@H]2COc3c(I)ccnc3N2C1.Ic1ccnc2c1OC[C@@H]1C[C@H](OC3COC3)CN21. The largest absolute Gasteiger partial charge is 0.486 e. The van der Waals surface area contributed by atoms with Gasteiger partial charge in [-0.3, -0.25) is 0 Å². The number of aromatic nitrogens is 2. The quantitative estimate of drug-likeness (QED) is 0.443. The van der Waals surface area contributed by atoms with Crippen molar-refractivity contribution in [2.45, 2.75) is 44.1 Å². The number of rotatable bonds is 2. The second kappa shape index (κ2) is 9.74. The molecule has 2 aromatic heterocycles. The summed E-state index contributed by atoms with van der Waals surface area (Å²) in [4.78, 5) is 13.7. The molecule has 0 N–H and O–H groups in total. The summed E-state index contributed by atoms with van der Waals surface area (Å²) in [7, 11) is 0. The molecule has 0 bridgehead atoms. The molecule has 0 aromatic carbocycles. The Labute approximate surface area is 227 Å². The topological polar surface area (TPSA) is 69.2 Å². The normalized spacial score (nSPS) is 28.9. The maximum Gasteiger partial charge on any atom is 0.175 e. The summed E-state index contributed by atoms with van der Waals surface area (Å²) in [5, 5.41) is 0. The summed E-state index contributed by atoms with van der Waals surface area (Å²) in [5.41, 5.74) is 0. The number of hydrogen-bond donors (Lipinski definition) is 0. The number of halogens is 2. The van der Waals surface area contributed by atoms with Crippen LogP contribution in [0.25, 0.3) is 0 Å². The standard InChI is InChI=1S/C13H15IN2O3.C11H13IN2O/c14-11-1-2-15-13-12(11)18-5-8-3-9(4-16(8)13)19-10-6-17-7-10;1-7-4-8-6-15-10-9(12)2-3-13-11(10)14(8)5-7/h1-2,8-10H,3-7H2;2-3,7-8H,4-6H2,1H3/t8-,9-;7-,8+/m01/s1. The predicted octanol–water partition coefficient (Wildman–Crippen LogP) is 3.73. The van der Waals surface area contributed by atoms with Gasteiger partial charge >= 0.3 is 0 Å². The van der Waals surface area contributed by atoms with Crippen LogP contribution < -0.4 is 19.3 Å². The fraction of sp³-hybridized carbons (Fsp3) is 0.583. The second-order valence-corrected chi connectivity index (χ2v) is 11.9. The number of nitrogens with zero attached hydrogens (tertiary/aromatic N) is 4. The van der Waals surface area contributed by atoms with E-state index in [4.69, 9.17) is 18.9 Å². The van der Waals surface area contributed by atoms with E-state index in [1.165, 1.54) is 6.42 Å². The molecule has 4 atom stereocenters. The van der Waals surface area contributed by atoms with Gasteiger partial charge in [-0.15, -0.1) is 0 Å². The van der Waals surface area contributed by atoms with E-state index < -0.39 is 0 Å².